The van der Waals surface area contributed by atoms with Gasteiger partial charge in [-0.2, -0.15) is 5.10 Å². The van der Waals surface area contributed by atoms with E-state index in [0.717, 1.165) is 4.68 Å². The van der Waals surface area contributed by atoms with Crippen molar-refractivity contribution in [3.63, 3.8) is 0 Å². The number of aromatic nitrogens is 2. The molecule has 6 nitrogen and oxygen atoms in total. The van der Waals surface area contributed by atoms with Gasteiger partial charge in [-0.1, -0.05) is 0 Å². The summed E-state index contributed by atoms with van der Waals surface area (Å²) >= 11 is 0. The summed E-state index contributed by atoms with van der Waals surface area (Å²) in [5.74, 6) is -1.23. The summed E-state index contributed by atoms with van der Waals surface area (Å²) in [5.41, 5.74) is 0.0760. The van der Waals surface area contributed by atoms with Crippen LogP contribution in [0.15, 0.2) is 6.07 Å². The van der Waals surface area contributed by atoms with E-state index >= 15 is 0 Å². The van der Waals surface area contributed by atoms with Gasteiger partial charge in [-0.25, -0.2) is 9.59 Å². The van der Waals surface area contributed by atoms with Gasteiger partial charge in [-0.3, -0.25) is 4.68 Å². The van der Waals surface area contributed by atoms with Crippen molar-refractivity contribution in [2.24, 2.45) is 7.02 Å². The zero-order valence-corrected chi connectivity index (χ0v) is 9.23. The van der Waals surface area contributed by atoms with Gasteiger partial charge in [0.25, 0.3) is 0 Å². The average Bonchev–Trinajstić information content (AvgIpc) is 2.73. The molecule has 0 saturated carbocycles. The molecule has 1 heterocycles. The van der Waals surface area contributed by atoms with E-state index in [4.69, 9.17) is 10.8 Å². The summed E-state index contributed by atoms with van der Waals surface area (Å²) in [7, 11) is -0.270. The molecular formula is C10H14N2O4. The van der Waals surface area contributed by atoms with E-state index in [0.29, 0.717) is 0 Å². The third-order valence-electron chi connectivity index (χ3n) is 1.75. The predicted molar refractivity (Wildman–Crippen MR) is 55.1 cm³/mol. The Morgan fingerprint density at radius 2 is 2.00 bits per heavy atom. The Labute approximate surface area is 94.5 Å². The first-order valence-electron chi connectivity index (χ1n) is 5.56. The molecule has 0 aliphatic rings. The number of nitrogens with zero attached hydrogens (tertiary/aromatic N) is 2. The fraction of sp³-hybridized carbons (Fsp3) is 0.500. The lowest BCUT2D eigenvalue weighted by Gasteiger charge is -1.99. The number of hydrogen-bond acceptors (Lipinski definition) is 5. The zero-order valence-electron chi connectivity index (χ0n) is 10.2. The standard InChI is InChI=1S/C10H14N2O4/c1-4-15-9(13)7-6-8(12(3)11-7)10(14)16-5-2/h6H,4-5H2,1-3H3/i3D. The molecule has 88 valence electrons. The Balaban J connectivity index is 2.98. The fourth-order valence-corrected chi connectivity index (χ4v) is 1.09. The maximum atomic E-state index is 11.5. The Morgan fingerprint density at radius 1 is 1.38 bits per heavy atom. The summed E-state index contributed by atoms with van der Waals surface area (Å²) in [6.45, 7) is 3.79. The van der Waals surface area contributed by atoms with Crippen LogP contribution in [0.3, 0.4) is 0 Å². The van der Waals surface area contributed by atoms with Crippen LogP contribution in [0.1, 0.15) is 36.2 Å². The van der Waals surface area contributed by atoms with Crippen LogP contribution >= 0.6 is 0 Å². The lowest BCUT2D eigenvalue weighted by atomic mass is 10.3. The molecule has 0 amide bonds. The predicted octanol–water partition coefficient (Wildman–Crippen LogP) is 0.773. The zero-order chi connectivity index (χ0) is 12.8. The molecule has 0 spiro atoms. The highest BCUT2D eigenvalue weighted by atomic mass is 16.5. The number of carbonyl (C=O) groups is 2. The molecule has 1 rings (SSSR count). The summed E-state index contributed by atoms with van der Waals surface area (Å²) in [4.78, 5) is 22.9. The van der Waals surface area contributed by atoms with Gasteiger partial charge in [-0.05, 0) is 13.8 Å². The van der Waals surface area contributed by atoms with Gasteiger partial charge < -0.3 is 9.47 Å². The first-order valence-corrected chi connectivity index (χ1v) is 4.85. The maximum absolute atomic E-state index is 11.5. The number of ether oxygens (including phenoxy) is 2. The summed E-state index contributed by atoms with van der Waals surface area (Å²) in [6.07, 6.45) is 0. The van der Waals surface area contributed by atoms with Crippen molar-refractivity contribution in [1.29, 1.82) is 0 Å². The minimum Gasteiger partial charge on any atom is -0.461 e. The first-order chi connectivity index (χ1) is 8.13. The minimum absolute atomic E-state index is 0.00199. The third-order valence-corrected chi connectivity index (χ3v) is 1.75. The lowest BCUT2D eigenvalue weighted by Crippen LogP contribution is -2.10. The van der Waals surface area contributed by atoms with Gasteiger partial charge in [-0.15, -0.1) is 0 Å². The quantitative estimate of drug-likeness (QED) is 0.710. The van der Waals surface area contributed by atoms with Crippen molar-refractivity contribution >= 4 is 11.9 Å². The third kappa shape index (κ3) is 2.59. The largest absolute Gasteiger partial charge is 0.461 e. The maximum Gasteiger partial charge on any atom is 0.358 e. The molecule has 0 aliphatic carbocycles. The number of hydrogen-bond donors (Lipinski definition) is 0. The van der Waals surface area contributed by atoms with Crippen LogP contribution in [-0.4, -0.2) is 34.9 Å². The number of esters is 2. The SMILES string of the molecule is [2H]Cn1nc(C(=O)OCC)cc1C(=O)OCC. The van der Waals surface area contributed by atoms with E-state index in [1.54, 1.807) is 13.8 Å². The van der Waals surface area contributed by atoms with Crippen LogP contribution in [0.25, 0.3) is 0 Å². The van der Waals surface area contributed by atoms with Crippen LogP contribution in [0, 0.1) is 0 Å². The second kappa shape index (κ2) is 5.29. The second-order valence-corrected chi connectivity index (χ2v) is 2.86. The van der Waals surface area contributed by atoms with Gasteiger partial charge in [0.05, 0.1) is 13.2 Å². The second-order valence-electron chi connectivity index (χ2n) is 2.86. The van der Waals surface area contributed by atoms with E-state index in [2.05, 4.69) is 5.10 Å². The normalized spacial score (nSPS) is 10.8. The number of carbonyl (C=O) groups excluding carboxylic acids is 2. The van der Waals surface area contributed by atoms with E-state index in [1.807, 2.05) is 0 Å². The number of aryl methyl sites for hydroxylation is 1. The van der Waals surface area contributed by atoms with Gasteiger partial charge >= 0.3 is 11.9 Å². The Bertz CT molecular complexity index is 416. The molecule has 0 atom stereocenters. The molecule has 1 aromatic heterocycles. The highest BCUT2D eigenvalue weighted by Crippen LogP contribution is 2.06. The molecule has 16 heavy (non-hydrogen) atoms. The van der Waals surface area contributed by atoms with E-state index < -0.39 is 11.9 Å². The monoisotopic (exact) mass is 227 g/mol. The summed E-state index contributed by atoms with van der Waals surface area (Å²) < 4.78 is 17.8. The average molecular weight is 227 g/mol. The van der Waals surface area contributed by atoms with Crippen molar-refractivity contribution in [3.8, 4) is 0 Å². The lowest BCUT2D eigenvalue weighted by molar-refractivity contribution is 0.0507. The van der Waals surface area contributed by atoms with Crippen LogP contribution in [-0.2, 0) is 16.5 Å². The van der Waals surface area contributed by atoms with Crippen molar-refractivity contribution in [3.05, 3.63) is 17.5 Å². The molecule has 0 saturated heterocycles. The fourth-order valence-electron chi connectivity index (χ4n) is 1.09. The van der Waals surface area contributed by atoms with Crippen LogP contribution in [0.5, 0.6) is 0 Å². The summed E-state index contributed by atoms with van der Waals surface area (Å²) in [6, 6.07) is 1.27. The number of rotatable bonds is 4. The van der Waals surface area contributed by atoms with Gasteiger partial charge in [0.2, 0.25) is 0 Å². The van der Waals surface area contributed by atoms with Crippen LogP contribution < -0.4 is 0 Å². The molecule has 0 N–H and O–H groups in total. The van der Waals surface area contributed by atoms with E-state index in [9.17, 15) is 9.59 Å². The van der Waals surface area contributed by atoms with Crippen LogP contribution in [0.4, 0.5) is 0 Å². The topological polar surface area (TPSA) is 70.4 Å². The van der Waals surface area contributed by atoms with Crippen molar-refractivity contribution < 1.29 is 20.4 Å². The molecule has 6 heteroatoms. The molecule has 0 bridgehead atoms. The highest BCUT2D eigenvalue weighted by molar-refractivity contribution is 5.93. The molecule has 0 aromatic carbocycles. The van der Waals surface area contributed by atoms with Crippen molar-refractivity contribution in [1.82, 2.24) is 9.78 Å². The smallest absolute Gasteiger partial charge is 0.358 e. The van der Waals surface area contributed by atoms with Gasteiger partial charge in [0.15, 0.2) is 5.69 Å². The van der Waals surface area contributed by atoms with Gasteiger partial charge in [0.1, 0.15) is 5.69 Å². The van der Waals surface area contributed by atoms with Crippen molar-refractivity contribution in [2.45, 2.75) is 13.8 Å². The minimum atomic E-state index is -0.620. The van der Waals surface area contributed by atoms with Gasteiger partial charge in [0, 0.05) is 14.5 Å². The Hall–Kier alpha value is -1.85. The first kappa shape index (κ1) is 10.7. The van der Waals surface area contributed by atoms with Crippen LogP contribution in [0.2, 0.25) is 0 Å². The molecule has 0 unspecified atom stereocenters. The van der Waals surface area contributed by atoms with E-state index in [-0.39, 0.29) is 31.6 Å². The summed E-state index contributed by atoms with van der Waals surface area (Å²) in [5, 5.41) is 3.80. The highest BCUT2D eigenvalue weighted by Gasteiger charge is 2.18. The molecule has 0 fully saturated rings. The molecule has 0 aliphatic heterocycles. The van der Waals surface area contributed by atoms with E-state index in [1.165, 1.54) is 6.07 Å². The van der Waals surface area contributed by atoms with Crippen molar-refractivity contribution in [2.75, 3.05) is 13.2 Å². The molecule has 1 aromatic rings. The molecular weight excluding hydrogens is 212 g/mol. The Kier molecular flexibility index (Phi) is 3.53. The molecule has 0 radical (unpaired) electrons. The Morgan fingerprint density at radius 3 is 2.56 bits per heavy atom.